The second-order valence-electron chi connectivity index (χ2n) is 21.5. The van der Waals surface area contributed by atoms with Crippen LogP contribution in [0.5, 0.6) is 0 Å². The third-order valence-electron chi connectivity index (χ3n) is 14.6. The molecular formula is C57H97N7O14. The SMILES string of the molecule is CCC(CO)OCCOC(=O)CCCC(=O)N[C@@H](C)C(=O)OCCCNC(=O)[C@H](Cc1ccccc1)NC(=O)[C@H](C)[C@@H](OC)[C@@H]1CCCN1C(=O)C[C@@H](OC)[C@H]([C@@H](C)CC)N(C)C(=O)[C@@H](NC(=O)[C@H](C(C)C)N(C)C)C(C)C. The molecule has 1 saturated heterocycles. The molecule has 0 aliphatic carbocycles. The van der Waals surface area contributed by atoms with Gasteiger partial charge in [-0.25, -0.2) is 4.79 Å². The van der Waals surface area contributed by atoms with Gasteiger partial charge in [0.05, 0.1) is 68.6 Å². The van der Waals surface area contributed by atoms with Gasteiger partial charge in [0.1, 0.15) is 24.7 Å². The van der Waals surface area contributed by atoms with E-state index in [1.54, 1.807) is 23.8 Å². The zero-order valence-electron chi connectivity index (χ0n) is 49.3. The molecule has 1 aliphatic heterocycles. The fourth-order valence-corrected chi connectivity index (χ4v) is 9.99. The predicted molar refractivity (Wildman–Crippen MR) is 295 cm³/mol. The van der Waals surface area contributed by atoms with Crippen molar-refractivity contribution in [2.75, 3.05) is 74.9 Å². The summed E-state index contributed by atoms with van der Waals surface area (Å²) in [4.78, 5) is 113. The molecule has 1 aliphatic rings. The summed E-state index contributed by atoms with van der Waals surface area (Å²) in [6, 6.07) is 5.03. The number of hydrogen-bond donors (Lipinski definition) is 5. The van der Waals surface area contributed by atoms with E-state index in [0.717, 1.165) is 5.56 Å². The number of hydrogen-bond acceptors (Lipinski definition) is 15. The van der Waals surface area contributed by atoms with Crippen molar-refractivity contribution >= 4 is 47.4 Å². The minimum absolute atomic E-state index is 0.00231. The second-order valence-corrected chi connectivity index (χ2v) is 21.5. The van der Waals surface area contributed by atoms with Gasteiger partial charge in [0.25, 0.3) is 0 Å². The molecule has 1 heterocycles. The number of esters is 2. The summed E-state index contributed by atoms with van der Waals surface area (Å²) in [7, 11) is 8.41. The van der Waals surface area contributed by atoms with Gasteiger partial charge in [-0.2, -0.15) is 0 Å². The van der Waals surface area contributed by atoms with Crippen LogP contribution in [0.3, 0.4) is 0 Å². The van der Waals surface area contributed by atoms with Gasteiger partial charge in [-0.1, -0.05) is 92.1 Å². The fourth-order valence-electron chi connectivity index (χ4n) is 9.99. The van der Waals surface area contributed by atoms with Crippen molar-refractivity contribution in [2.45, 2.75) is 181 Å². The van der Waals surface area contributed by atoms with Crippen LogP contribution in [0.2, 0.25) is 0 Å². The molecule has 0 saturated carbocycles. The lowest BCUT2D eigenvalue weighted by Crippen LogP contribution is -2.59. The number of rotatable bonds is 37. The monoisotopic (exact) mass is 1100 g/mol. The van der Waals surface area contributed by atoms with Crippen molar-refractivity contribution in [1.82, 2.24) is 36.0 Å². The second kappa shape index (κ2) is 36.1. The van der Waals surface area contributed by atoms with Crippen LogP contribution in [0.15, 0.2) is 30.3 Å². The lowest BCUT2D eigenvalue weighted by molar-refractivity contribution is -0.148. The van der Waals surface area contributed by atoms with Crippen molar-refractivity contribution < 1.29 is 67.1 Å². The van der Waals surface area contributed by atoms with E-state index < -0.39 is 84.0 Å². The Morgan fingerprint density at radius 3 is 2.03 bits per heavy atom. The molecule has 2 rings (SSSR count). The highest BCUT2D eigenvalue weighted by Gasteiger charge is 2.43. The first-order valence-corrected chi connectivity index (χ1v) is 28.0. The normalized spacial score (nSPS) is 17.4. The largest absolute Gasteiger partial charge is 0.464 e. The highest BCUT2D eigenvalue weighted by Crippen LogP contribution is 2.30. The van der Waals surface area contributed by atoms with E-state index in [4.69, 9.17) is 23.7 Å². The molecule has 0 radical (unpaired) electrons. The molecule has 0 aromatic heterocycles. The summed E-state index contributed by atoms with van der Waals surface area (Å²) < 4.78 is 27.9. The van der Waals surface area contributed by atoms with Crippen LogP contribution in [0, 0.1) is 23.7 Å². The average molecular weight is 1100 g/mol. The van der Waals surface area contributed by atoms with Crippen molar-refractivity contribution in [3.8, 4) is 0 Å². The van der Waals surface area contributed by atoms with Gasteiger partial charge >= 0.3 is 11.9 Å². The predicted octanol–water partition coefficient (Wildman–Crippen LogP) is 3.42. The summed E-state index contributed by atoms with van der Waals surface area (Å²) >= 11 is 0. The average Bonchev–Trinajstić information content (AvgIpc) is 3.90. The number of carbonyl (C=O) groups is 8. The van der Waals surface area contributed by atoms with Crippen LogP contribution < -0.4 is 21.3 Å². The van der Waals surface area contributed by atoms with Gasteiger partial charge in [0.2, 0.25) is 35.4 Å². The summed E-state index contributed by atoms with van der Waals surface area (Å²) in [6.07, 6.45) is 1.36. The molecule has 11 atom stereocenters. The minimum atomic E-state index is -0.992. The zero-order chi connectivity index (χ0) is 58.6. The van der Waals surface area contributed by atoms with Gasteiger partial charge in [-0.3, -0.25) is 38.5 Å². The van der Waals surface area contributed by atoms with Crippen LogP contribution in [-0.4, -0.2) is 197 Å². The van der Waals surface area contributed by atoms with E-state index in [9.17, 15) is 43.5 Å². The highest BCUT2D eigenvalue weighted by molar-refractivity contribution is 5.91. The number of ether oxygens (including phenoxy) is 5. The van der Waals surface area contributed by atoms with E-state index in [-0.39, 0.29) is 113 Å². The van der Waals surface area contributed by atoms with Gasteiger partial charge in [0.15, 0.2) is 0 Å². The van der Waals surface area contributed by atoms with E-state index in [1.807, 2.05) is 97.8 Å². The van der Waals surface area contributed by atoms with Crippen molar-refractivity contribution in [3.05, 3.63) is 35.9 Å². The van der Waals surface area contributed by atoms with Crippen molar-refractivity contribution in [3.63, 3.8) is 0 Å². The number of amides is 6. The molecule has 444 valence electrons. The number of methoxy groups -OCH3 is 2. The molecule has 21 heteroatoms. The fraction of sp³-hybridized carbons (Fsp3) is 0.754. The Hall–Kier alpha value is -5.22. The first-order chi connectivity index (χ1) is 37.0. The van der Waals surface area contributed by atoms with Crippen LogP contribution in [0.1, 0.15) is 126 Å². The highest BCUT2D eigenvalue weighted by atomic mass is 16.6. The quantitative estimate of drug-likeness (QED) is 0.0473. The molecule has 5 N–H and O–H groups in total. The Morgan fingerprint density at radius 2 is 1.45 bits per heavy atom. The Kier molecular flexibility index (Phi) is 31.9. The lowest BCUT2D eigenvalue weighted by Gasteiger charge is -2.41. The van der Waals surface area contributed by atoms with Crippen LogP contribution in [-0.2, 0) is 68.5 Å². The van der Waals surface area contributed by atoms with E-state index in [1.165, 1.54) is 21.1 Å². The molecule has 1 fully saturated rings. The van der Waals surface area contributed by atoms with Gasteiger partial charge in [-0.15, -0.1) is 0 Å². The van der Waals surface area contributed by atoms with Crippen LogP contribution in [0.4, 0.5) is 0 Å². The Balaban J connectivity index is 2.08. The molecule has 0 bridgehead atoms. The number of likely N-dealkylation sites (N-methyl/N-ethyl adjacent to an activating group) is 2. The maximum absolute atomic E-state index is 14.5. The summed E-state index contributed by atoms with van der Waals surface area (Å²) in [6.45, 7) is 17.3. The third kappa shape index (κ3) is 22.5. The van der Waals surface area contributed by atoms with E-state index >= 15 is 0 Å². The molecule has 0 spiro atoms. The maximum Gasteiger partial charge on any atom is 0.328 e. The lowest BCUT2D eigenvalue weighted by atomic mass is 9.89. The number of nitrogens with one attached hydrogen (secondary N) is 4. The number of aliphatic hydroxyl groups excluding tert-OH is 1. The molecule has 1 aromatic rings. The van der Waals surface area contributed by atoms with Gasteiger partial charge < -0.3 is 59.9 Å². The number of carbonyl (C=O) groups excluding carboxylic acids is 8. The Bertz CT molecular complexity index is 2000. The van der Waals surface area contributed by atoms with Crippen molar-refractivity contribution in [1.29, 1.82) is 0 Å². The van der Waals surface area contributed by atoms with E-state index in [2.05, 4.69) is 21.3 Å². The smallest absolute Gasteiger partial charge is 0.328 e. The Morgan fingerprint density at radius 1 is 0.769 bits per heavy atom. The molecule has 1 aromatic carbocycles. The molecule has 78 heavy (non-hydrogen) atoms. The topological polar surface area (TPSA) is 261 Å². The third-order valence-corrected chi connectivity index (χ3v) is 14.6. The van der Waals surface area contributed by atoms with Gasteiger partial charge in [0, 0.05) is 53.6 Å². The van der Waals surface area contributed by atoms with E-state index in [0.29, 0.717) is 32.2 Å². The first kappa shape index (κ1) is 68.9. The number of nitrogens with zero attached hydrogens (tertiary/aromatic N) is 3. The zero-order valence-corrected chi connectivity index (χ0v) is 49.3. The number of aliphatic hydroxyl groups is 1. The molecule has 6 amide bonds. The molecule has 21 nitrogen and oxygen atoms in total. The van der Waals surface area contributed by atoms with Crippen molar-refractivity contribution in [2.24, 2.45) is 23.7 Å². The standard InChI is InChI=1S/C57H97N7O14/c1-15-38(7)51(63(12)56(72)49(36(3)4)61-55(71)50(37(5)6)62(10)11)45(74-13)34-47(67)64-29-21-25-44(64)52(75-14)39(8)53(69)60-43(33-41-23-18-17-19-24-41)54(70)58-28-22-30-78-57(73)40(9)59-46(66)26-20-27-48(68)77-32-31-76-42(16-2)35-65/h17-19,23-24,36-40,42-45,49-52,65H,15-16,20-22,25-35H2,1-14H3,(H,58,70)(H,59,66)(H,60,69)(H,61,71)/t38-,39+,40-,42?,43-,44-,45+,49-,50-,51-,52+/m0/s1. The van der Waals surface area contributed by atoms with Crippen LogP contribution in [0.25, 0.3) is 0 Å². The molecular weight excluding hydrogens is 1010 g/mol. The number of benzene rings is 1. The van der Waals surface area contributed by atoms with Gasteiger partial charge in [-0.05, 0) is 76.4 Å². The summed E-state index contributed by atoms with van der Waals surface area (Å²) in [5.74, 6) is -4.34. The number of likely N-dealkylation sites (tertiary alicyclic amines) is 1. The maximum atomic E-state index is 14.5. The summed E-state index contributed by atoms with van der Waals surface area (Å²) in [5, 5.41) is 20.5. The first-order valence-electron chi connectivity index (χ1n) is 28.0. The molecule has 1 unspecified atom stereocenters. The summed E-state index contributed by atoms with van der Waals surface area (Å²) in [5.41, 5.74) is 0.807. The van der Waals surface area contributed by atoms with Crippen LogP contribution >= 0.6 is 0 Å². The Labute approximate surface area is 464 Å². The minimum Gasteiger partial charge on any atom is -0.464 e.